The third-order valence-electron chi connectivity index (χ3n) is 5.52. The van der Waals surface area contributed by atoms with E-state index in [1.54, 1.807) is 11.3 Å². The number of ether oxygens (including phenoxy) is 1. The van der Waals surface area contributed by atoms with E-state index in [-0.39, 0.29) is 0 Å². The molecule has 5 nitrogen and oxygen atoms in total. The minimum absolute atomic E-state index is 0.300. The Morgan fingerprint density at radius 3 is 2.75 bits per heavy atom. The molecule has 1 atom stereocenters. The lowest BCUT2D eigenvalue weighted by Gasteiger charge is -2.27. The molecule has 1 unspecified atom stereocenters. The number of nitrogens with two attached hydrogens (primary N) is 1. The first-order chi connectivity index (χ1) is 13.7. The number of morpholine rings is 1. The van der Waals surface area contributed by atoms with E-state index in [0.717, 1.165) is 49.9 Å². The zero-order chi connectivity index (χ0) is 19.1. The van der Waals surface area contributed by atoms with E-state index in [1.807, 2.05) is 18.3 Å². The molecule has 1 aromatic carbocycles. The van der Waals surface area contributed by atoms with Crippen LogP contribution in [-0.2, 0) is 11.2 Å². The molecule has 1 fully saturated rings. The zero-order valence-electron chi connectivity index (χ0n) is 15.4. The van der Waals surface area contributed by atoms with Crippen molar-refractivity contribution in [3.05, 3.63) is 58.2 Å². The minimum Gasteiger partial charge on any atom is -0.378 e. The summed E-state index contributed by atoms with van der Waals surface area (Å²) >= 11 is 7.94. The van der Waals surface area contributed by atoms with Crippen molar-refractivity contribution in [2.45, 2.75) is 18.8 Å². The van der Waals surface area contributed by atoms with Gasteiger partial charge in [-0.3, -0.25) is 0 Å². The topological polar surface area (TPSA) is 64.3 Å². The summed E-state index contributed by atoms with van der Waals surface area (Å²) in [6.45, 7) is 3.39. The summed E-state index contributed by atoms with van der Waals surface area (Å²) in [6.07, 6.45) is 3.82. The quantitative estimate of drug-likeness (QED) is 0.677. The van der Waals surface area contributed by atoms with Crippen molar-refractivity contribution in [1.82, 2.24) is 9.97 Å². The van der Waals surface area contributed by atoms with E-state index in [0.29, 0.717) is 11.9 Å². The number of hydrogen-bond donors (Lipinski definition) is 1. The van der Waals surface area contributed by atoms with Crippen LogP contribution in [0.25, 0.3) is 10.6 Å². The Morgan fingerprint density at radius 2 is 1.96 bits per heavy atom. The molecule has 0 amide bonds. The summed E-state index contributed by atoms with van der Waals surface area (Å²) in [7, 11) is 0. The van der Waals surface area contributed by atoms with Gasteiger partial charge in [-0.15, -0.1) is 11.3 Å². The predicted molar refractivity (Wildman–Crippen MR) is 114 cm³/mol. The minimum atomic E-state index is 0.300. The average Bonchev–Trinajstić information content (AvgIpc) is 3.10. The maximum atomic E-state index is 6.13. The van der Waals surface area contributed by atoms with Crippen molar-refractivity contribution in [2.24, 2.45) is 0 Å². The first-order valence-electron chi connectivity index (χ1n) is 9.52. The van der Waals surface area contributed by atoms with E-state index in [4.69, 9.17) is 22.1 Å². The number of fused-ring (bicyclic) bond motifs is 3. The average molecular weight is 413 g/mol. The molecule has 144 valence electrons. The summed E-state index contributed by atoms with van der Waals surface area (Å²) in [5.74, 6) is 0.629. The number of aromatic nitrogens is 2. The van der Waals surface area contributed by atoms with E-state index >= 15 is 0 Å². The van der Waals surface area contributed by atoms with Gasteiger partial charge in [-0.1, -0.05) is 23.7 Å². The largest absolute Gasteiger partial charge is 0.378 e. The van der Waals surface area contributed by atoms with Gasteiger partial charge in [0.15, 0.2) is 0 Å². The standard InChI is InChI=1S/C21H21ClN4OS/c22-15-4-1-13(2-5-15)16-6-3-14-12-24-21(23)25-19(14)20-17(16)11-18(28-20)26-7-9-27-10-8-26/h1-2,4-5,11-12,16H,3,6-10H2,(H2,23,24,25). The molecular formula is C21H21ClN4OS. The third kappa shape index (κ3) is 3.26. The molecule has 3 aromatic rings. The van der Waals surface area contributed by atoms with E-state index in [9.17, 15) is 0 Å². The van der Waals surface area contributed by atoms with Crippen molar-refractivity contribution in [3.8, 4) is 10.6 Å². The fourth-order valence-electron chi connectivity index (χ4n) is 4.07. The van der Waals surface area contributed by atoms with E-state index in [1.165, 1.54) is 26.6 Å². The van der Waals surface area contributed by atoms with Gasteiger partial charge in [0.25, 0.3) is 0 Å². The predicted octanol–water partition coefficient (Wildman–Crippen LogP) is 4.36. The maximum Gasteiger partial charge on any atom is 0.220 e. The number of thiophene rings is 1. The normalized spacial score (nSPS) is 19.0. The Labute approximate surface area is 173 Å². The van der Waals surface area contributed by atoms with Crippen LogP contribution < -0.4 is 10.6 Å². The summed E-state index contributed by atoms with van der Waals surface area (Å²) in [4.78, 5) is 12.5. The number of aryl methyl sites for hydroxylation is 1. The van der Waals surface area contributed by atoms with Gasteiger partial charge in [0, 0.05) is 30.2 Å². The van der Waals surface area contributed by atoms with E-state index in [2.05, 4.69) is 33.1 Å². The number of rotatable bonds is 2. The number of anilines is 2. The molecule has 0 radical (unpaired) electrons. The van der Waals surface area contributed by atoms with Crippen LogP contribution in [0.1, 0.15) is 29.0 Å². The summed E-state index contributed by atoms with van der Waals surface area (Å²) in [6, 6.07) is 10.6. The van der Waals surface area contributed by atoms with Crippen LogP contribution in [0.5, 0.6) is 0 Å². The number of nitrogens with zero attached hydrogens (tertiary/aromatic N) is 3. The first kappa shape index (κ1) is 17.9. The van der Waals surface area contributed by atoms with Crippen LogP contribution in [-0.4, -0.2) is 36.3 Å². The second-order valence-electron chi connectivity index (χ2n) is 7.21. The highest BCUT2D eigenvalue weighted by molar-refractivity contribution is 7.19. The smallest absolute Gasteiger partial charge is 0.220 e. The second-order valence-corrected chi connectivity index (χ2v) is 8.68. The molecule has 2 N–H and O–H groups in total. The number of benzene rings is 1. The molecule has 0 bridgehead atoms. The van der Waals surface area contributed by atoms with Gasteiger partial charge in [0.1, 0.15) is 0 Å². The fraction of sp³-hybridized carbons (Fsp3) is 0.333. The Kier molecular flexibility index (Phi) is 4.70. The second kappa shape index (κ2) is 7.35. The van der Waals surface area contributed by atoms with Gasteiger partial charge in [-0.05, 0) is 47.7 Å². The molecule has 28 heavy (non-hydrogen) atoms. The van der Waals surface area contributed by atoms with E-state index < -0.39 is 0 Å². The highest BCUT2D eigenvalue weighted by Crippen LogP contribution is 2.47. The van der Waals surface area contributed by atoms with Crippen LogP contribution in [0, 0.1) is 0 Å². The van der Waals surface area contributed by atoms with Crippen LogP contribution in [0.15, 0.2) is 36.5 Å². The van der Waals surface area contributed by atoms with Gasteiger partial charge in [-0.25, -0.2) is 9.97 Å². The molecule has 0 spiro atoms. The Morgan fingerprint density at radius 1 is 1.18 bits per heavy atom. The van der Waals surface area contributed by atoms with Crippen molar-refractivity contribution in [1.29, 1.82) is 0 Å². The fourth-order valence-corrected chi connectivity index (χ4v) is 5.50. The van der Waals surface area contributed by atoms with Crippen LogP contribution in [0.3, 0.4) is 0 Å². The molecule has 3 heterocycles. The highest BCUT2D eigenvalue weighted by atomic mass is 35.5. The molecule has 1 saturated heterocycles. The highest BCUT2D eigenvalue weighted by Gasteiger charge is 2.29. The molecule has 7 heteroatoms. The number of nitrogen functional groups attached to an aromatic ring is 1. The van der Waals surface area contributed by atoms with Crippen molar-refractivity contribution < 1.29 is 4.74 Å². The lowest BCUT2D eigenvalue weighted by atomic mass is 9.89. The SMILES string of the molecule is Nc1ncc2c(n1)-c1sc(N3CCOCC3)cc1C(c1ccc(Cl)cc1)CC2. The van der Waals surface area contributed by atoms with Crippen LogP contribution in [0.2, 0.25) is 5.02 Å². The van der Waals surface area contributed by atoms with Gasteiger partial charge in [0.05, 0.1) is 28.8 Å². The van der Waals surface area contributed by atoms with Crippen molar-refractivity contribution in [3.63, 3.8) is 0 Å². The van der Waals surface area contributed by atoms with Crippen molar-refractivity contribution >= 4 is 33.9 Å². The van der Waals surface area contributed by atoms with Gasteiger partial charge < -0.3 is 15.4 Å². The Bertz CT molecular complexity index is 998. The zero-order valence-corrected chi connectivity index (χ0v) is 17.0. The first-order valence-corrected chi connectivity index (χ1v) is 10.7. The molecule has 1 aliphatic heterocycles. The van der Waals surface area contributed by atoms with Crippen molar-refractivity contribution in [2.75, 3.05) is 36.9 Å². The van der Waals surface area contributed by atoms with Gasteiger partial charge >= 0.3 is 0 Å². The van der Waals surface area contributed by atoms with Crippen LogP contribution in [0.4, 0.5) is 10.9 Å². The lowest BCUT2D eigenvalue weighted by molar-refractivity contribution is 0.123. The Hall–Kier alpha value is -2.15. The monoisotopic (exact) mass is 412 g/mol. The summed E-state index contributed by atoms with van der Waals surface area (Å²) in [5, 5.41) is 2.04. The van der Waals surface area contributed by atoms with Gasteiger partial charge in [0.2, 0.25) is 5.95 Å². The lowest BCUT2D eigenvalue weighted by Crippen LogP contribution is -2.35. The number of hydrogen-bond acceptors (Lipinski definition) is 6. The third-order valence-corrected chi connectivity index (χ3v) is 6.99. The molecule has 2 aliphatic rings. The Balaban J connectivity index is 1.64. The van der Waals surface area contributed by atoms with Crippen LogP contribution >= 0.6 is 22.9 Å². The van der Waals surface area contributed by atoms with Gasteiger partial charge in [-0.2, -0.15) is 0 Å². The summed E-state index contributed by atoms with van der Waals surface area (Å²) in [5.41, 5.74) is 10.7. The maximum absolute atomic E-state index is 6.13. The molecule has 0 saturated carbocycles. The summed E-state index contributed by atoms with van der Waals surface area (Å²) < 4.78 is 5.53. The molecule has 2 aromatic heterocycles. The molecular weight excluding hydrogens is 392 g/mol. The molecule has 1 aliphatic carbocycles. The molecule has 5 rings (SSSR count). The number of halogens is 1.